The lowest BCUT2D eigenvalue weighted by Gasteiger charge is -2.16. The maximum Gasteiger partial charge on any atom is 0.275 e. The Morgan fingerprint density at radius 1 is 1.33 bits per heavy atom. The molecule has 0 aliphatic heterocycles. The lowest BCUT2D eigenvalue weighted by molar-refractivity contribution is -0.315. The van der Waals surface area contributed by atoms with Crippen molar-refractivity contribution in [2.75, 3.05) is 12.9 Å². The highest BCUT2D eigenvalue weighted by molar-refractivity contribution is 7.86. The van der Waals surface area contributed by atoms with Crippen molar-refractivity contribution in [3.63, 3.8) is 0 Å². The molecule has 0 aromatic heterocycles. The van der Waals surface area contributed by atoms with Crippen molar-refractivity contribution >= 4 is 10.1 Å². The molecule has 0 radical (unpaired) electrons. The largest absolute Gasteiger partial charge is 0.344 e. The van der Waals surface area contributed by atoms with Gasteiger partial charge < -0.3 is 21.1 Å². The Hall–Kier alpha value is -0.250. The van der Waals surface area contributed by atoms with Gasteiger partial charge >= 0.3 is 0 Å². The van der Waals surface area contributed by atoms with Crippen molar-refractivity contribution in [3.8, 4) is 0 Å². The van der Waals surface area contributed by atoms with E-state index in [-0.39, 0.29) is 25.0 Å². The quantitative estimate of drug-likeness (QED) is 0.303. The Morgan fingerprint density at radius 2 is 1.87 bits per heavy atom. The summed E-state index contributed by atoms with van der Waals surface area (Å²) in [5, 5.41) is 25.7. The molecule has 0 aliphatic carbocycles. The van der Waals surface area contributed by atoms with E-state index in [2.05, 4.69) is 4.18 Å². The summed E-state index contributed by atoms with van der Waals surface area (Å²) in [5.41, 5.74) is 5.49. The first-order chi connectivity index (χ1) is 6.66. The van der Waals surface area contributed by atoms with Crippen LogP contribution in [0.25, 0.3) is 0 Å². The Kier molecular flexibility index (Phi) is 5.63. The average Bonchev–Trinajstić information content (AvgIpc) is 2.10. The zero-order chi connectivity index (χ0) is 12.1. The highest BCUT2D eigenvalue weighted by Crippen LogP contribution is 2.09. The summed E-state index contributed by atoms with van der Waals surface area (Å²) in [7, 11) is -2.48. The average molecular weight is 243 g/mol. The summed E-state index contributed by atoms with van der Waals surface area (Å²) < 4.78 is 26.0. The van der Waals surface area contributed by atoms with Gasteiger partial charge in [0, 0.05) is 12.5 Å². The topological polar surface area (TPSA) is 130 Å². The molecule has 0 rings (SSSR count). The van der Waals surface area contributed by atoms with E-state index < -0.39 is 22.1 Å². The van der Waals surface area contributed by atoms with Gasteiger partial charge in [-0.25, -0.2) is 0 Å². The molecule has 0 amide bonds. The Morgan fingerprint density at radius 3 is 2.27 bits per heavy atom. The lowest BCUT2D eigenvalue weighted by Crippen LogP contribution is -2.32. The van der Waals surface area contributed by atoms with E-state index >= 15 is 0 Å². The first-order valence-electron chi connectivity index (χ1n) is 4.37. The molecule has 0 saturated heterocycles. The first-order valence-corrected chi connectivity index (χ1v) is 5.95. The van der Waals surface area contributed by atoms with Gasteiger partial charge in [-0.05, 0) is 12.8 Å². The molecule has 1 atom stereocenters. The van der Waals surface area contributed by atoms with Gasteiger partial charge in [-0.15, -0.1) is 0 Å². The lowest BCUT2D eigenvalue weighted by atomic mass is 10.1. The standard InChI is InChI=1S/C7H17NO6S/c1-14-15(12,13)5-3-6(8)2-4-7(9,10)11/h6,9-11H,2-5,8H2,1H3. The van der Waals surface area contributed by atoms with Crippen LogP contribution in [0.2, 0.25) is 0 Å². The molecule has 15 heavy (non-hydrogen) atoms. The van der Waals surface area contributed by atoms with Crippen molar-refractivity contribution in [1.82, 2.24) is 0 Å². The Balaban J connectivity index is 3.81. The van der Waals surface area contributed by atoms with Crippen molar-refractivity contribution < 1.29 is 27.9 Å². The summed E-state index contributed by atoms with van der Waals surface area (Å²) in [6.07, 6.45) is -0.101. The second-order valence-electron chi connectivity index (χ2n) is 3.29. The zero-order valence-electron chi connectivity index (χ0n) is 8.46. The van der Waals surface area contributed by atoms with Crippen LogP contribution in [0.4, 0.5) is 0 Å². The third kappa shape index (κ3) is 8.73. The van der Waals surface area contributed by atoms with Gasteiger partial charge in [0.2, 0.25) is 0 Å². The predicted octanol–water partition coefficient (Wildman–Crippen LogP) is -1.91. The van der Waals surface area contributed by atoms with Gasteiger partial charge in [0.1, 0.15) is 0 Å². The van der Waals surface area contributed by atoms with Crippen LogP contribution in [0.3, 0.4) is 0 Å². The van der Waals surface area contributed by atoms with E-state index in [0.29, 0.717) is 0 Å². The molecule has 1 unspecified atom stereocenters. The fourth-order valence-corrected chi connectivity index (χ4v) is 1.66. The SMILES string of the molecule is COS(=O)(=O)CCC(N)CCC(O)(O)O. The van der Waals surface area contributed by atoms with Crippen LogP contribution in [0, 0.1) is 0 Å². The van der Waals surface area contributed by atoms with E-state index in [1.807, 2.05) is 0 Å². The van der Waals surface area contributed by atoms with Crippen molar-refractivity contribution in [3.05, 3.63) is 0 Å². The molecule has 0 aromatic carbocycles. The van der Waals surface area contributed by atoms with Crippen molar-refractivity contribution in [2.45, 2.75) is 31.3 Å². The third-order valence-corrected chi connectivity index (χ3v) is 3.09. The maximum atomic E-state index is 10.9. The fourth-order valence-electron chi connectivity index (χ4n) is 0.902. The number of hydrogen-bond donors (Lipinski definition) is 4. The van der Waals surface area contributed by atoms with Crippen LogP contribution in [0.15, 0.2) is 0 Å². The van der Waals surface area contributed by atoms with Crippen LogP contribution in [0.5, 0.6) is 0 Å². The monoisotopic (exact) mass is 243 g/mol. The van der Waals surface area contributed by atoms with E-state index in [1.165, 1.54) is 0 Å². The number of nitrogens with two attached hydrogens (primary N) is 1. The molecule has 0 saturated carbocycles. The molecule has 0 fully saturated rings. The Labute approximate surface area is 88.6 Å². The van der Waals surface area contributed by atoms with Gasteiger partial charge in [0.05, 0.1) is 12.9 Å². The second kappa shape index (κ2) is 5.73. The number of rotatable bonds is 7. The highest BCUT2D eigenvalue weighted by Gasteiger charge is 2.20. The highest BCUT2D eigenvalue weighted by atomic mass is 32.2. The smallest absolute Gasteiger partial charge is 0.275 e. The van der Waals surface area contributed by atoms with Crippen LogP contribution in [-0.2, 0) is 14.3 Å². The molecule has 0 spiro atoms. The minimum absolute atomic E-state index is 0.0999. The zero-order valence-corrected chi connectivity index (χ0v) is 9.27. The molecule has 0 aliphatic rings. The van der Waals surface area contributed by atoms with Gasteiger partial charge in [0.15, 0.2) is 0 Å². The molecular formula is C7H17NO6S. The summed E-state index contributed by atoms with van der Waals surface area (Å²) in [6.45, 7) is 0. The molecule has 92 valence electrons. The number of aliphatic hydroxyl groups is 3. The van der Waals surface area contributed by atoms with Gasteiger partial charge in [0.25, 0.3) is 16.1 Å². The second-order valence-corrected chi connectivity index (χ2v) is 5.15. The van der Waals surface area contributed by atoms with E-state index in [1.54, 1.807) is 0 Å². The summed E-state index contributed by atoms with van der Waals surface area (Å²) in [4.78, 5) is 0. The summed E-state index contributed by atoms with van der Waals surface area (Å²) in [5.74, 6) is -2.99. The van der Waals surface area contributed by atoms with Crippen LogP contribution in [-0.4, -0.2) is 48.6 Å². The van der Waals surface area contributed by atoms with Crippen molar-refractivity contribution in [2.24, 2.45) is 5.73 Å². The molecule has 0 heterocycles. The van der Waals surface area contributed by atoms with E-state index in [4.69, 9.17) is 21.1 Å². The molecule has 0 aromatic rings. The summed E-state index contributed by atoms with van der Waals surface area (Å²) in [6, 6.07) is -0.541. The van der Waals surface area contributed by atoms with Crippen LogP contribution in [0.1, 0.15) is 19.3 Å². The first kappa shape index (κ1) is 14.8. The van der Waals surface area contributed by atoms with Crippen LogP contribution < -0.4 is 5.73 Å². The van der Waals surface area contributed by atoms with Crippen molar-refractivity contribution in [1.29, 1.82) is 0 Å². The minimum Gasteiger partial charge on any atom is -0.344 e. The third-order valence-electron chi connectivity index (χ3n) is 1.84. The van der Waals surface area contributed by atoms with Gasteiger partial charge in [-0.1, -0.05) is 0 Å². The molecule has 0 bridgehead atoms. The van der Waals surface area contributed by atoms with Gasteiger partial charge in [-0.3, -0.25) is 4.18 Å². The molecule has 8 heteroatoms. The predicted molar refractivity (Wildman–Crippen MR) is 52.0 cm³/mol. The Bertz CT molecular complexity index is 270. The normalized spacial score (nSPS) is 15.3. The maximum absolute atomic E-state index is 10.9. The van der Waals surface area contributed by atoms with E-state index in [0.717, 1.165) is 7.11 Å². The summed E-state index contributed by atoms with van der Waals surface area (Å²) >= 11 is 0. The molecule has 7 nitrogen and oxygen atoms in total. The number of hydrogen-bond acceptors (Lipinski definition) is 7. The van der Waals surface area contributed by atoms with Crippen LogP contribution >= 0.6 is 0 Å². The molecule has 5 N–H and O–H groups in total. The van der Waals surface area contributed by atoms with E-state index in [9.17, 15) is 8.42 Å². The molecular weight excluding hydrogens is 226 g/mol. The minimum atomic E-state index is -3.54. The fraction of sp³-hybridized carbons (Fsp3) is 1.00. The van der Waals surface area contributed by atoms with Gasteiger partial charge in [-0.2, -0.15) is 8.42 Å².